The highest BCUT2D eigenvalue weighted by Gasteiger charge is 2.31. The van der Waals surface area contributed by atoms with Gasteiger partial charge in [-0.3, -0.25) is 0 Å². The zero-order valence-corrected chi connectivity index (χ0v) is 12.8. The maximum atomic E-state index is 12.9. The van der Waals surface area contributed by atoms with Crippen molar-refractivity contribution in [3.8, 4) is 11.5 Å². The molecule has 0 aliphatic rings. The number of rotatable bonds is 2. The van der Waals surface area contributed by atoms with E-state index in [1.165, 1.54) is 24.3 Å². The molecular formula is C13H6Br2F4O. The van der Waals surface area contributed by atoms with Gasteiger partial charge in [-0.15, -0.1) is 0 Å². The first kappa shape index (κ1) is 15.3. The Morgan fingerprint density at radius 3 is 1.90 bits per heavy atom. The van der Waals surface area contributed by atoms with Crippen molar-refractivity contribution in [1.82, 2.24) is 0 Å². The average Bonchev–Trinajstić information content (AvgIpc) is 2.33. The lowest BCUT2D eigenvalue weighted by molar-refractivity contribution is -0.137. The molecule has 1 nitrogen and oxygen atoms in total. The zero-order chi connectivity index (χ0) is 14.9. The Balaban J connectivity index is 2.30. The fourth-order valence-corrected chi connectivity index (χ4v) is 2.33. The highest BCUT2D eigenvalue weighted by Crippen LogP contribution is 2.38. The van der Waals surface area contributed by atoms with Gasteiger partial charge in [0.1, 0.15) is 17.3 Å². The standard InChI is InChI=1S/C13H6Br2F4O/c14-9-5-7(13(17,18)19)1-3-11(9)20-12-4-2-8(16)6-10(12)15/h1-6H. The van der Waals surface area contributed by atoms with E-state index in [-0.39, 0.29) is 10.2 Å². The van der Waals surface area contributed by atoms with Crippen molar-refractivity contribution in [3.63, 3.8) is 0 Å². The Morgan fingerprint density at radius 1 is 0.850 bits per heavy atom. The highest BCUT2D eigenvalue weighted by atomic mass is 79.9. The van der Waals surface area contributed by atoms with E-state index in [0.29, 0.717) is 10.2 Å². The van der Waals surface area contributed by atoms with E-state index in [1.807, 2.05) is 0 Å². The first-order valence-corrected chi connectivity index (χ1v) is 6.85. The van der Waals surface area contributed by atoms with Gasteiger partial charge in [0.05, 0.1) is 14.5 Å². The number of alkyl halides is 3. The van der Waals surface area contributed by atoms with E-state index in [0.717, 1.165) is 12.1 Å². The molecule has 20 heavy (non-hydrogen) atoms. The molecule has 0 bridgehead atoms. The Kier molecular flexibility index (Phi) is 4.39. The van der Waals surface area contributed by atoms with Crippen molar-refractivity contribution in [2.75, 3.05) is 0 Å². The summed E-state index contributed by atoms with van der Waals surface area (Å²) in [5.41, 5.74) is -0.783. The van der Waals surface area contributed by atoms with Crippen LogP contribution in [0.4, 0.5) is 17.6 Å². The summed E-state index contributed by atoms with van der Waals surface area (Å²) in [5, 5.41) is 0. The third-order valence-corrected chi connectivity index (χ3v) is 3.61. The minimum absolute atomic E-state index is 0.156. The number of hydrogen-bond donors (Lipinski definition) is 0. The molecule has 0 amide bonds. The molecule has 2 aromatic rings. The first-order chi connectivity index (χ1) is 9.27. The normalized spacial score (nSPS) is 11.5. The van der Waals surface area contributed by atoms with Crippen molar-refractivity contribution >= 4 is 31.9 Å². The quantitative estimate of drug-likeness (QED) is 0.535. The van der Waals surface area contributed by atoms with Crippen LogP contribution in [0.1, 0.15) is 5.56 Å². The van der Waals surface area contributed by atoms with E-state index < -0.39 is 17.6 Å². The molecule has 0 saturated carbocycles. The summed E-state index contributed by atoms with van der Waals surface area (Å²) in [5.74, 6) is 0.0490. The second-order valence-electron chi connectivity index (χ2n) is 3.82. The topological polar surface area (TPSA) is 9.23 Å². The van der Waals surface area contributed by atoms with Crippen LogP contribution in [-0.2, 0) is 6.18 Å². The number of ether oxygens (including phenoxy) is 1. The van der Waals surface area contributed by atoms with Gasteiger partial charge < -0.3 is 4.74 Å². The van der Waals surface area contributed by atoms with Crippen LogP contribution in [0.15, 0.2) is 45.3 Å². The maximum absolute atomic E-state index is 12.9. The predicted octanol–water partition coefficient (Wildman–Crippen LogP) is 6.16. The monoisotopic (exact) mass is 412 g/mol. The molecule has 106 valence electrons. The SMILES string of the molecule is Fc1ccc(Oc2ccc(C(F)(F)F)cc2Br)c(Br)c1. The van der Waals surface area contributed by atoms with Crippen molar-refractivity contribution in [2.45, 2.75) is 6.18 Å². The molecule has 2 aromatic carbocycles. The summed E-state index contributed by atoms with van der Waals surface area (Å²) in [6, 6.07) is 6.81. The second-order valence-corrected chi connectivity index (χ2v) is 5.53. The summed E-state index contributed by atoms with van der Waals surface area (Å²) in [6.45, 7) is 0. The van der Waals surface area contributed by atoms with Crippen LogP contribution in [-0.4, -0.2) is 0 Å². The molecule has 0 unspecified atom stereocenters. The van der Waals surface area contributed by atoms with Gasteiger partial charge in [-0.05, 0) is 68.3 Å². The van der Waals surface area contributed by atoms with Crippen molar-refractivity contribution < 1.29 is 22.3 Å². The summed E-state index contributed by atoms with van der Waals surface area (Å²) in [6.07, 6.45) is -4.42. The van der Waals surface area contributed by atoms with E-state index in [4.69, 9.17) is 4.74 Å². The maximum Gasteiger partial charge on any atom is 0.416 e. The molecule has 0 atom stereocenters. The summed E-state index contributed by atoms with van der Waals surface area (Å²) in [7, 11) is 0. The van der Waals surface area contributed by atoms with Crippen LogP contribution in [0.25, 0.3) is 0 Å². The summed E-state index contributed by atoms with van der Waals surface area (Å²) in [4.78, 5) is 0. The molecule has 0 saturated heterocycles. The Morgan fingerprint density at radius 2 is 1.40 bits per heavy atom. The van der Waals surface area contributed by atoms with Crippen LogP contribution in [0.2, 0.25) is 0 Å². The molecule has 2 rings (SSSR count). The number of halogens is 6. The second kappa shape index (κ2) is 5.73. The lowest BCUT2D eigenvalue weighted by Gasteiger charge is -2.12. The van der Waals surface area contributed by atoms with Crippen LogP contribution in [0.3, 0.4) is 0 Å². The number of hydrogen-bond acceptors (Lipinski definition) is 1. The van der Waals surface area contributed by atoms with E-state index >= 15 is 0 Å². The van der Waals surface area contributed by atoms with Crippen molar-refractivity contribution in [1.29, 1.82) is 0 Å². The van der Waals surface area contributed by atoms with E-state index in [1.54, 1.807) is 0 Å². The van der Waals surface area contributed by atoms with Crippen LogP contribution >= 0.6 is 31.9 Å². The molecule has 0 aliphatic heterocycles. The van der Waals surface area contributed by atoms with Crippen LogP contribution < -0.4 is 4.74 Å². The summed E-state index contributed by atoms with van der Waals surface area (Å²) >= 11 is 6.14. The predicted molar refractivity (Wildman–Crippen MR) is 73.3 cm³/mol. The lowest BCUT2D eigenvalue weighted by atomic mass is 10.2. The summed E-state index contributed by atoms with van der Waals surface area (Å²) < 4.78 is 56.5. The molecule has 0 aliphatic carbocycles. The fourth-order valence-electron chi connectivity index (χ4n) is 1.44. The largest absolute Gasteiger partial charge is 0.455 e. The van der Waals surface area contributed by atoms with Gasteiger partial charge in [-0.25, -0.2) is 4.39 Å². The van der Waals surface area contributed by atoms with Gasteiger partial charge >= 0.3 is 6.18 Å². The molecule has 7 heteroatoms. The van der Waals surface area contributed by atoms with E-state index in [2.05, 4.69) is 31.9 Å². The zero-order valence-electron chi connectivity index (χ0n) is 9.64. The van der Waals surface area contributed by atoms with Crippen molar-refractivity contribution in [2.24, 2.45) is 0 Å². The highest BCUT2D eigenvalue weighted by molar-refractivity contribution is 9.11. The Bertz CT molecular complexity index is 641. The van der Waals surface area contributed by atoms with Crippen LogP contribution in [0.5, 0.6) is 11.5 Å². The van der Waals surface area contributed by atoms with Gasteiger partial charge in [0, 0.05) is 0 Å². The van der Waals surface area contributed by atoms with E-state index in [9.17, 15) is 17.6 Å². The molecule has 0 N–H and O–H groups in total. The molecule has 0 aromatic heterocycles. The van der Waals surface area contributed by atoms with Gasteiger partial charge in [0.15, 0.2) is 0 Å². The molecule has 0 heterocycles. The smallest absolute Gasteiger partial charge is 0.416 e. The molecule has 0 spiro atoms. The number of benzene rings is 2. The molecular weight excluding hydrogens is 408 g/mol. The van der Waals surface area contributed by atoms with Gasteiger partial charge in [0.25, 0.3) is 0 Å². The average molecular weight is 414 g/mol. The minimum Gasteiger partial charge on any atom is -0.455 e. The Hall–Kier alpha value is -1.08. The lowest BCUT2D eigenvalue weighted by Crippen LogP contribution is -2.04. The van der Waals surface area contributed by atoms with Gasteiger partial charge in [-0.1, -0.05) is 0 Å². The third kappa shape index (κ3) is 3.52. The first-order valence-electron chi connectivity index (χ1n) is 5.27. The third-order valence-electron chi connectivity index (χ3n) is 2.37. The fraction of sp³-hybridized carbons (Fsp3) is 0.0769. The van der Waals surface area contributed by atoms with Gasteiger partial charge in [-0.2, -0.15) is 13.2 Å². The molecule has 0 radical (unpaired) electrons. The van der Waals surface area contributed by atoms with Crippen LogP contribution in [0, 0.1) is 5.82 Å². The minimum atomic E-state index is -4.42. The van der Waals surface area contributed by atoms with Crippen molar-refractivity contribution in [3.05, 3.63) is 56.7 Å². The van der Waals surface area contributed by atoms with Gasteiger partial charge in [0.2, 0.25) is 0 Å². The Labute approximate surface area is 128 Å². The molecule has 0 fully saturated rings.